The molecule has 3 fully saturated rings. The first-order valence-electron chi connectivity index (χ1n) is 12.5. The van der Waals surface area contributed by atoms with Crippen LogP contribution in [0.4, 0.5) is 0 Å². The Morgan fingerprint density at radius 2 is 1.90 bits per heavy atom. The zero-order chi connectivity index (χ0) is 21.9. The standard InChI is InChI=1S/C28H44O2/c1-7-25(3,29)14-12-19(2)22-10-11-23-21-9-8-20-18-26(4,30)16-17-27(20,5)24(21)13-15-28(22,23)6/h1,8,19,21-24,29-30H,9-18H2,2-6H3/t19-,21+,22?,23+,24+,25?,26+,27+,28-/m1/s1. The molecule has 0 aromatic rings. The van der Waals surface area contributed by atoms with Gasteiger partial charge in [-0.2, -0.15) is 0 Å². The van der Waals surface area contributed by atoms with E-state index >= 15 is 0 Å². The van der Waals surface area contributed by atoms with E-state index < -0.39 is 11.2 Å². The number of aliphatic hydroxyl groups is 2. The molecule has 4 rings (SSSR count). The molecule has 0 bridgehead atoms. The van der Waals surface area contributed by atoms with E-state index in [2.05, 4.69) is 32.8 Å². The van der Waals surface area contributed by atoms with Crippen LogP contribution in [0.1, 0.15) is 98.8 Å². The molecule has 0 aromatic heterocycles. The molecule has 0 heterocycles. The Labute approximate surface area is 184 Å². The van der Waals surface area contributed by atoms with Crippen molar-refractivity contribution < 1.29 is 10.2 Å². The first-order valence-corrected chi connectivity index (χ1v) is 12.5. The van der Waals surface area contributed by atoms with Gasteiger partial charge in [-0.3, -0.25) is 0 Å². The van der Waals surface area contributed by atoms with Crippen LogP contribution in [-0.4, -0.2) is 21.4 Å². The summed E-state index contributed by atoms with van der Waals surface area (Å²) in [6, 6.07) is 0. The van der Waals surface area contributed by atoms with Crippen molar-refractivity contribution in [3.8, 4) is 12.3 Å². The number of hydrogen-bond donors (Lipinski definition) is 2. The van der Waals surface area contributed by atoms with E-state index in [0.29, 0.717) is 23.2 Å². The van der Waals surface area contributed by atoms with Crippen molar-refractivity contribution >= 4 is 0 Å². The third-order valence-corrected chi connectivity index (χ3v) is 10.5. The van der Waals surface area contributed by atoms with Crippen LogP contribution in [0.15, 0.2) is 11.6 Å². The monoisotopic (exact) mass is 412 g/mol. The van der Waals surface area contributed by atoms with Gasteiger partial charge < -0.3 is 10.2 Å². The van der Waals surface area contributed by atoms with Crippen molar-refractivity contribution in [2.24, 2.45) is 40.4 Å². The van der Waals surface area contributed by atoms with Gasteiger partial charge in [0, 0.05) is 0 Å². The van der Waals surface area contributed by atoms with E-state index in [0.717, 1.165) is 49.4 Å². The fourth-order valence-electron chi connectivity index (χ4n) is 8.56. The highest BCUT2D eigenvalue weighted by Crippen LogP contribution is 2.67. The lowest BCUT2D eigenvalue weighted by atomic mass is 9.46. The minimum absolute atomic E-state index is 0.307. The maximum absolute atomic E-state index is 10.7. The number of rotatable bonds is 4. The molecule has 4 aliphatic carbocycles. The minimum atomic E-state index is -0.966. The summed E-state index contributed by atoms with van der Waals surface area (Å²) >= 11 is 0. The Bertz CT molecular complexity index is 740. The highest BCUT2D eigenvalue weighted by Gasteiger charge is 2.59. The fourth-order valence-corrected chi connectivity index (χ4v) is 8.56. The molecule has 168 valence electrons. The maximum Gasteiger partial charge on any atom is 0.122 e. The normalized spacial score (nSPS) is 48.4. The van der Waals surface area contributed by atoms with Crippen molar-refractivity contribution in [1.29, 1.82) is 0 Å². The Balaban J connectivity index is 1.51. The van der Waals surface area contributed by atoms with Gasteiger partial charge in [-0.05, 0) is 118 Å². The van der Waals surface area contributed by atoms with Crippen molar-refractivity contribution in [1.82, 2.24) is 0 Å². The van der Waals surface area contributed by atoms with Gasteiger partial charge in [-0.1, -0.05) is 38.3 Å². The van der Waals surface area contributed by atoms with Crippen molar-refractivity contribution in [2.75, 3.05) is 0 Å². The van der Waals surface area contributed by atoms with Crippen LogP contribution >= 0.6 is 0 Å². The van der Waals surface area contributed by atoms with Gasteiger partial charge in [0.15, 0.2) is 0 Å². The van der Waals surface area contributed by atoms with Crippen LogP contribution in [0.25, 0.3) is 0 Å². The lowest BCUT2D eigenvalue weighted by molar-refractivity contribution is -0.0710. The second-order valence-electron chi connectivity index (χ2n) is 12.6. The van der Waals surface area contributed by atoms with Crippen molar-refractivity contribution in [3.63, 3.8) is 0 Å². The van der Waals surface area contributed by atoms with Crippen molar-refractivity contribution in [2.45, 2.75) is 110 Å². The molecule has 0 saturated heterocycles. The molecule has 4 aliphatic rings. The van der Waals surface area contributed by atoms with E-state index in [1.807, 2.05) is 6.92 Å². The second kappa shape index (κ2) is 7.38. The SMILES string of the molecule is C#CC(C)(O)CC[C@@H](C)C1CC[C@H]2[C@@H]3CC=C4C[C@@](C)(O)CC[C@]4(C)[C@H]3CC[C@]12C. The summed E-state index contributed by atoms with van der Waals surface area (Å²) in [5.74, 6) is 6.36. The molecule has 0 aliphatic heterocycles. The Morgan fingerprint density at radius 1 is 1.17 bits per heavy atom. The molecule has 2 nitrogen and oxygen atoms in total. The summed E-state index contributed by atoms with van der Waals surface area (Å²) in [6.45, 7) is 11.3. The first kappa shape index (κ1) is 22.4. The van der Waals surface area contributed by atoms with Gasteiger partial charge in [0.2, 0.25) is 0 Å². The average molecular weight is 413 g/mol. The fraction of sp³-hybridized carbons (Fsp3) is 0.857. The van der Waals surface area contributed by atoms with Crippen LogP contribution in [0, 0.1) is 52.8 Å². The topological polar surface area (TPSA) is 40.5 Å². The number of allylic oxidation sites excluding steroid dienone is 1. The summed E-state index contributed by atoms with van der Waals surface area (Å²) < 4.78 is 0. The minimum Gasteiger partial charge on any atom is -0.390 e. The molecular formula is C28H44O2. The highest BCUT2D eigenvalue weighted by atomic mass is 16.3. The van der Waals surface area contributed by atoms with E-state index in [9.17, 15) is 10.2 Å². The van der Waals surface area contributed by atoms with Gasteiger partial charge in [-0.15, -0.1) is 6.42 Å². The van der Waals surface area contributed by atoms with Crippen LogP contribution < -0.4 is 0 Å². The molecule has 0 aromatic carbocycles. The number of terminal acetylenes is 1. The molecule has 0 radical (unpaired) electrons. The van der Waals surface area contributed by atoms with E-state index in [1.54, 1.807) is 12.5 Å². The van der Waals surface area contributed by atoms with Gasteiger partial charge in [0.1, 0.15) is 5.60 Å². The Kier molecular flexibility index (Phi) is 5.52. The number of hydrogen-bond acceptors (Lipinski definition) is 2. The second-order valence-corrected chi connectivity index (χ2v) is 12.6. The smallest absolute Gasteiger partial charge is 0.122 e. The van der Waals surface area contributed by atoms with Gasteiger partial charge in [0.05, 0.1) is 5.60 Å². The first-order chi connectivity index (χ1) is 13.9. The molecule has 2 heteroatoms. The third-order valence-electron chi connectivity index (χ3n) is 10.5. The van der Waals surface area contributed by atoms with Crippen LogP contribution in [0.3, 0.4) is 0 Å². The summed E-state index contributed by atoms with van der Waals surface area (Å²) in [4.78, 5) is 0. The zero-order valence-corrected chi connectivity index (χ0v) is 20.0. The van der Waals surface area contributed by atoms with Gasteiger partial charge in [-0.25, -0.2) is 0 Å². The summed E-state index contributed by atoms with van der Waals surface area (Å²) in [6.07, 6.45) is 19.4. The number of fused-ring (bicyclic) bond motifs is 5. The quantitative estimate of drug-likeness (QED) is 0.431. The van der Waals surface area contributed by atoms with E-state index in [1.165, 1.54) is 32.1 Å². The van der Waals surface area contributed by atoms with Crippen LogP contribution in [-0.2, 0) is 0 Å². The summed E-state index contributed by atoms with van der Waals surface area (Å²) in [5, 5.41) is 20.9. The Morgan fingerprint density at radius 3 is 2.60 bits per heavy atom. The molecule has 3 saturated carbocycles. The van der Waals surface area contributed by atoms with Gasteiger partial charge >= 0.3 is 0 Å². The molecule has 30 heavy (non-hydrogen) atoms. The third kappa shape index (κ3) is 3.59. The van der Waals surface area contributed by atoms with Crippen LogP contribution in [0.2, 0.25) is 0 Å². The molecular weight excluding hydrogens is 368 g/mol. The summed E-state index contributed by atoms with van der Waals surface area (Å²) in [5.41, 5.74) is 0.829. The van der Waals surface area contributed by atoms with Gasteiger partial charge in [0.25, 0.3) is 0 Å². The van der Waals surface area contributed by atoms with E-state index in [4.69, 9.17) is 6.42 Å². The predicted molar refractivity (Wildman–Crippen MR) is 124 cm³/mol. The molecule has 2 N–H and O–H groups in total. The largest absolute Gasteiger partial charge is 0.390 e. The van der Waals surface area contributed by atoms with Crippen molar-refractivity contribution in [3.05, 3.63) is 11.6 Å². The maximum atomic E-state index is 10.7. The molecule has 0 amide bonds. The lowest BCUT2D eigenvalue weighted by Crippen LogP contribution is -2.52. The molecule has 2 unspecified atom stereocenters. The highest BCUT2D eigenvalue weighted by molar-refractivity contribution is 5.26. The van der Waals surface area contributed by atoms with Crippen LogP contribution in [0.5, 0.6) is 0 Å². The zero-order valence-electron chi connectivity index (χ0n) is 20.0. The Hall–Kier alpha value is -0.780. The average Bonchev–Trinajstić information content (AvgIpc) is 3.04. The molecule has 0 spiro atoms. The lowest BCUT2D eigenvalue weighted by Gasteiger charge is -2.59. The predicted octanol–water partition coefficient (Wildman–Crippen LogP) is 6.12. The van der Waals surface area contributed by atoms with E-state index in [-0.39, 0.29) is 0 Å². The summed E-state index contributed by atoms with van der Waals surface area (Å²) in [7, 11) is 0. The molecule has 9 atom stereocenters.